The summed E-state index contributed by atoms with van der Waals surface area (Å²) in [5.41, 5.74) is 5.65. The number of Topliss-reactive ketones (excluding diaryl/α,β-unsaturated/α-hetero) is 2. The fourth-order valence-electron chi connectivity index (χ4n) is 13.6. The predicted octanol–water partition coefficient (Wildman–Crippen LogP) is 12.2. The first-order valence-electron chi connectivity index (χ1n) is 27.3. The molecule has 412 valence electrons. The molecule has 0 saturated carbocycles. The van der Waals surface area contributed by atoms with Crippen LogP contribution in [0.5, 0.6) is 0 Å². The zero-order valence-electron chi connectivity index (χ0n) is 43.8. The molecule has 8 atom stereocenters. The first-order valence-corrected chi connectivity index (χ1v) is 27.3. The third-order valence-electron chi connectivity index (χ3n) is 17.8. The number of amides is 2. The van der Waals surface area contributed by atoms with Gasteiger partial charge in [0.05, 0.1) is 10.8 Å². The third-order valence-corrected chi connectivity index (χ3v) is 17.8. The van der Waals surface area contributed by atoms with Crippen LogP contribution in [0.1, 0.15) is 163 Å². The van der Waals surface area contributed by atoms with Crippen LogP contribution in [0, 0.1) is 23.3 Å². The SMILES string of the molecule is O=C(C[C@@H]1CC[C@@H](c2cccc(F)c2F)[C@@H](F)c2cccnc21)c1cnc2c(c1)C[C@@]1(C2)C(=O)Nc2ncccc21.O=C(C[C@H]1CC[C@H](c2cccc(F)c2F)[C@H](F)c2cccnc21)c1cnc2c(c1)C[C@@]1(C2)C(=O)Nc2ncccc21. The van der Waals surface area contributed by atoms with Crippen molar-refractivity contribution in [3.05, 3.63) is 236 Å². The summed E-state index contributed by atoms with van der Waals surface area (Å²) in [6.07, 6.45) is 9.29. The highest BCUT2D eigenvalue weighted by atomic mass is 19.2. The summed E-state index contributed by atoms with van der Waals surface area (Å²) in [5, 5.41) is 5.74. The van der Waals surface area contributed by atoms with Gasteiger partial charge in [-0.05, 0) is 109 Å². The average molecular weight is 1110 g/mol. The van der Waals surface area contributed by atoms with Gasteiger partial charge in [0.15, 0.2) is 34.8 Å². The lowest BCUT2D eigenvalue weighted by atomic mass is 9.80. The van der Waals surface area contributed by atoms with E-state index in [1.54, 1.807) is 73.3 Å². The number of aromatic nitrogens is 6. The van der Waals surface area contributed by atoms with Gasteiger partial charge in [-0.25, -0.2) is 36.3 Å². The lowest BCUT2D eigenvalue weighted by molar-refractivity contribution is -0.121. The molecule has 2 spiro atoms. The number of benzene rings is 2. The number of ketones is 2. The Kier molecular flexibility index (Phi) is 13.2. The second kappa shape index (κ2) is 20.6. The largest absolute Gasteiger partial charge is 0.310 e. The maximum atomic E-state index is 15.9. The Morgan fingerprint density at radius 2 is 0.890 bits per heavy atom. The molecule has 0 bridgehead atoms. The summed E-state index contributed by atoms with van der Waals surface area (Å²) < 4.78 is 89.1. The Labute approximate surface area is 466 Å². The summed E-state index contributed by atoms with van der Waals surface area (Å²) >= 11 is 0. The van der Waals surface area contributed by atoms with Crippen LogP contribution < -0.4 is 10.6 Å². The normalized spacial score (nSPS) is 24.4. The molecule has 18 heteroatoms. The summed E-state index contributed by atoms with van der Waals surface area (Å²) in [6.45, 7) is 0. The Morgan fingerprint density at radius 3 is 1.33 bits per heavy atom. The number of carbonyl (C=O) groups excluding carboxylic acids is 4. The molecule has 14 rings (SSSR count). The second-order valence-corrected chi connectivity index (χ2v) is 22.3. The van der Waals surface area contributed by atoms with E-state index in [4.69, 9.17) is 0 Å². The molecule has 6 aromatic heterocycles. The Morgan fingerprint density at radius 1 is 0.488 bits per heavy atom. The van der Waals surface area contributed by atoms with Crippen molar-refractivity contribution in [3.8, 4) is 0 Å². The van der Waals surface area contributed by atoms with Gasteiger partial charge < -0.3 is 10.6 Å². The summed E-state index contributed by atoms with van der Waals surface area (Å²) in [7, 11) is 0. The van der Waals surface area contributed by atoms with Crippen molar-refractivity contribution in [2.24, 2.45) is 0 Å². The third kappa shape index (κ3) is 8.84. The molecule has 2 aromatic carbocycles. The molecular weight excluding hydrogens is 1060 g/mol. The number of carbonyl (C=O) groups is 4. The topological polar surface area (TPSA) is 170 Å². The maximum absolute atomic E-state index is 15.9. The van der Waals surface area contributed by atoms with Crippen LogP contribution in [0.25, 0.3) is 0 Å². The number of halogens is 6. The molecule has 12 nitrogen and oxygen atoms in total. The Bertz CT molecular complexity index is 3710. The predicted molar refractivity (Wildman–Crippen MR) is 289 cm³/mol. The lowest BCUT2D eigenvalue weighted by Gasteiger charge is -2.20. The van der Waals surface area contributed by atoms with Crippen molar-refractivity contribution >= 4 is 35.0 Å². The highest BCUT2D eigenvalue weighted by Gasteiger charge is 2.53. The van der Waals surface area contributed by atoms with E-state index >= 15 is 8.78 Å². The summed E-state index contributed by atoms with van der Waals surface area (Å²) in [4.78, 5) is 79.8. The van der Waals surface area contributed by atoms with Gasteiger partial charge in [-0.1, -0.05) is 48.5 Å². The molecule has 0 radical (unpaired) electrons. The standard InChI is InChI=1S/2C32H25F3N4O2/c2*33-24-7-1-4-20(28(24)35)21-9-8-17(29-22(27(21)34)5-2-10-36-29)13-26(40)19-12-18-14-32(15-25(18)38-16-19)23-6-3-11-37-30(23)39-31(32)41/h2*1-7,10-12,16-17,21,27H,8-9,13-15H2,(H,37,39,41)/t17-,21-,27+,32+;17-,21-,27+,32-/m10/s1. The van der Waals surface area contributed by atoms with Crippen LogP contribution in [0.4, 0.5) is 38.0 Å². The van der Waals surface area contributed by atoms with Gasteiger partial charge in [0.25, 0.3) is 0 Å². The van der Waals surface area contributed by atoms with Gasteiger partial charge in [0, 0.05) is 143 Å². The number of nitrogens with one attached hydrogen (secondary N) is 2. The fraction of sp³-hybridized carbons (Fsp3) is 0.281. The van der Waals surface area contributed by atoms with E-state index in [1.807, 2.05) is 12.1 Å². The number of pyridine rings is 6. The van der Waals surface area contributed by atoms with Crippen LogP contribution in [0.2, 0.25) is 0 Å². The minimum absolute atomic E-state index is 0.0104. The minimum Gasteiger partial charge on any atom is -0.310 e. The van der Waals surface area contributed by atoms with Crippen molar-refractivity contribution in [1.82, 2.24) is 29.9 Å². The van der Waals surface area contributed by atoms with E-state index in [2.05, 4.69) is 40.5 Å². The van der Waals surface area contributed by atoms with E-state index in [0.717, 1.165) is 45.8 Å². The number of alkyl halides is 2. The van der Waals surface area contributed by atoms with Gasteiger partial charge in [-0.2, -0.15) is 0 Å². The first kappa shape index (κ1) is 52.6. The molecular formula is C64H50F6N8O4. The number of rotatable bonds is 8. The molecule has 2 amide bonds. The van der Waals surface area contributed by atoms with Crippen molar-refractivity contribution in [1.29, 1.82) is 0 Å². The molecule has 2 N–H and O–H groups in total. The Hall–Kier alpha value is -8.80. The zero-order chi connectivity index (χ0) is 56.6. The van der Waals surface area contributed by atoms with Crippen LogP contribution in [-0.4, -0.2) is 53.3 Å². The molecule has 8 aromatic rings. The van der Waals surface area contributed by atoms with Gasteiger partial charge >= 0.3 is 0 Å². The molecule has 0 saturated heterocycles. The van der Waals surface area contributed by atoms with E-state index in [1.165, 1.54) is 36.7 Å². The molecule has 4 aliphatic carbocycles. The smallest absolute Gasteiger partial charge is 0.237 e. The molecule has 6 aliphatic rings. The van der Waals surface area contributed by atoms with Crippen molar-refractivity contribution in [2.45, 2.75) is 111 Å². The molecule has 82 heavy (non-hydrogen) atoms. The number of hydrogen-bond donors (Lipinski definition) is 2. The minimum atomic E-state index is -1.59. The van der Waals surface area contributed by atoms with Gasteiger partial charge in [0.2, 0.25) is 11.8 Å². The monoisotopic (exact) mass is 1110 g/mol. The van der Waals surface area contributed by atoms with E-state index in [-0.39, 0.29) is 60.2 Å². The number of anilines is 2. The van der Waals surface area contributed by atoms with Crippen molar-refractivity contribution in [2.75, 3.05) is 10.6 Å². The van der Waals surface area contributed by atoms with Crippen LogP contribution in [0.15, 0.2) is 134 Å². The van der Waals surface area contributed by atoms with Gasteiger partial charge in [-0.3, -0.25) is 39.1 Å². The number of hydrogen-bond acceptors (Lipinski definition) is 10. The first-order chi connectivity index (χ1) is 39.7. The average Bonchev–Trinajstić information content (AvgIpc) is 4.40. The summed E-state index contributed by atoms with van der Waals surface area (Å²) in [5.74, 6) is -6.21. The van der Waals surface area contributed by atoms with E-state index in [0.29, 0.717) is 83.8 Å². The van der Waals surface area contributed by atoms with Crippen molar-refractivity contribution in [3.63, 3.8) is 0 Å². The molecule has 2 aliphatic heterocycles. The summed E-state index contributed by atoms with van der Waals surface area (Å²) in [6, 6.07) is 25.1. The number of nitrogens with zero attached hydrogens (tertiary/aromatic N) is 6. The van der Waals surface area contributed by atoms with Crippen LogP contribution in [-0.2, 0) is 46.1 Å². The highest BCUT2D eigenvalue weighted by molar-refractivity contribution is 6.07. The Balaban J connectivity index is 0.000000154. The maximum Gasteiger partial charge on any atom is 0.237 e. The van der Waals surface area contributed by atoms with Crippen LogP contribution >= 0.6 is 0 Å². The van der Waals surface area contributed by atoms with E-state index < -0.39 is 70.1 Å². The second-order valence-electron chi connectivity index (χ2n) is 22.3. The van der Waals surface area contributed by atoms with Crippen molar-refractivity contribution < 1.29 is 45.5 Å². The zero-order valence-corrected chi connectivity index (χ0v) is 43.8. The highest BCUT2D eigenvalue weighted by Crippen LogP contribution is 2.51. The number of fused-ring (bicyclic) bond motifs is 8. The molecule has 0 unspecified atom stereocenters. The fourth-order valence-corrected chi connectivity index (χ4v) is 13.6. The van der Waals surface area contributed by atoms with Gasteiger partial charge in [-0.15, -0.1) is 0 Å². The lowest BCUT2D eigenvalue weighted by Crippen LogP contribution is -2.35. The molecule has 8 heterocycles. The van der Waals surface area contributed by atoms with Crippen LogP contribution in [0.3, 0.4) is 0 Å². The van der Waals surface area contributed by atoms with E-state index in [9.17, 15) is 36.7 Å². The van der Waals surface area contributed by atoms with Gasteiger partial charge in [0.1, 0.15) is 24.0 Å². The molecule has 0 fully saturated rings. The quantitative estimate of drug-likeness (QED) is 0.0848.